The Morgan fingerprint density at radius 1 is 1.06 bits per heavy atom. The van der Waals surface area contributed by atoms with E-state index in [2.05, 4.69) is 4.74 Å². The van der Waals surface area contributed by atoms with Gasteiger partial charge in [-0.25, -0.2) is 4.79 Å². The zero-order chi connectivity index (χ0) is 11.7. The lowest BCUT2D eigenvalue weighted by Gasteiger charge is -2.14. The Morgan fingerprint density at radius 3 is 2.31 bits per heavy atom. The van der Waals surface area contributed by atoms with Crippen molar-refractivity contribution in [3.63, 3.8) is 0 Å². The predicted molar refractivity (Wildman–Crippen MR) is 53.6 cm³/mol. The topological polar surface area (TPSA) is 83.8 Å². The Balaban J connectivity index is 2.52. The Kier molecular flexibility index (Phi) is 2.36. The summed E-state index contributed by atoms with van der Waals surface area (Å²) in [6.07, 6.45) is 0. The van der Waals surface area contributed by atoms with Gasteiger partial charge in [0.2, 0.25) is 11.5 Å². The molecular weight excluding hydrogens is 212 g/mol. The van der Waals surface area contributed by atoms with Crippen LogP contribution in [-0.2, 0) is 14.3 Å². The van der Waals surface area contributed by atoms with Crippen LogP contribution in [0.4, 0.5) is 0 Å². The van der Waals surface area contributed by atoms with Gasteiger partial charge in [0, 0.05) is 0 Å². The molecule has 1 heterocycles. The summed E-state index contributed by atoms with van der Waals surface area (Å²) in [5.74, 6) is -2.04. The predicted octanol–water partition coefficient (Wildman–Crippen LogP) is 0.787. The van der Waals surface area contributed by atoms with Gasteiger partial charge in [0.25, 0.3) is 0 Å². The van der Waals surface area contributed by atoms with Gasteiger partial charge in [0.1, 0.15) is 5.75 Å². The summed E-state index contributed by atoms with van der Waals surface area (Å²) >= 11 is 0. The minimum Gasteiger partial charge on any atom is -0.508 e. The molecule has 0 saturated heterocycles. The van der Waals surface area contributed by atoms with Crippen LogP contribution in [0, 0.1) is 0 Å². The molecule has 0 amide bonds. The van der Waals surface area contributed by atoms with E-state index in [1.54, 1.807) is 0 Å². The Bertz CT molecular complexity index is 484. The number of benzene rings is 1. The van der Waals surface area contributed by atoms with Crippen LogP contribution in [0.15, 0.2) is 30.0 Å². The summed E-state index contributed by atoms with van der Waals surface area (Å²) in [5.41, 5.74) is 0.299. The molecule has 0 radical (unpaired) electrons. The number of carbonyl (C=O) groups excluding carboxylic acids is 2. The molecule has 1 aromatic carbocycles. The number of phenols is 1. The first-order chi connectivity index (χ1) is 7.59. The molecule has 5 nitrogen and oxygen atoms in total. The van der Waals surface area contributed by atoms with E-state index < -0.39 is 17.5 Å². The van der Waals surface area contributed by atoms with Crippen LogP contribution in [0.1, 0.15) is 5.56 Å². The quantitative estimate of drug-likeness (QED) is 0.683. The lowest BCUT2D eigenvalue weighted by molar-refractivity contribution is -0.147. The number of ether oxygens (including phenoxy) is 1. The van der Waals surface area contributed by atoms with Crippen molar-refractivity contribution >= 4 is 17.3 Å². The molecule has 0 spiro atoms. The molecule has 0 saturated carbocycles. The molecule has 0 fully saturated rings. The summed E-state index contributed by atoms with van der Waals surface area (Å²) in [6.45, 7) is -0.376. The lowest BCUT2D eigenvalue weighted by Crippen LogP contribution is -2.25. The van der Waals surface area contributed by atoms with Crippen molar-refractivity contribution in [3.8, 4) is 5.75 Å². The number of hydrogen-bond acceptors (Lipinski definition) is 5. The fraction of sp³-hybridized carbons (Fsp3) is 0.0909. The standard InChI is InChI=1S/C11H8O5/c12-7-3-1-6(2-4-7)9-8(13)5-16-11(15)10(9)14/h1-4,12,14H,5H2. The molecular formula is C11H8O5. The van der Waals surface area contributed by atoms with Crippen LogP contribution in [0.2, 0.25) is 0 Å². The maximum atomic E-state index is 11.5. The van der Waals surface area contributed by atoms with E-state index >= 15 is 0 Å². The van der Waals surface area contributed by atoms with E-state index in [-0.39, 0.29) is 17.9 Å². The molecule has 82 valence electrons. The maximum absolute atomic E-state index is 11.5. The number of cyclic esters (lactones) is 1. The van der Waals surface area contributed by atoms with Crippen LogP contribution in [0.3, 0.4) is 0 Å². The first-order valence-corrected chi connectivity index (χ1v) is 4.52. The van der Waals surface area contributed by atoms with Crippen molar-refractivity contribution in [1.29, 1.82) is 0 Å². The highest BCUT2D eigenvalue weighted by Gasteiger charge is 2.29. The molecule has 0 unspecified atom stereocenters. The van der Waals surface area contributed by atoms with Gasteiger partial charge in [0.15, 0.2) is 6.61 Å². The number of hydrogen-bond donors (Lipinski definition) is 2. The summed E-state index contributed by atoms with van der Waals surface area (Å²) < 4.78 is 4.43. The third kappa shape index (κ3) is 1.63. The van der Waals surface area contributed by atoms with Gasteiger partial charge in [-0.05, 0) is 17.7 Å². The number of carbonyl (C=O) groups is 2. The Labute approximate surface area is 90.6 Å². The van der Waals surface area contributed by atoms with Gasteiger partial charge in [0.05, 0.1) is 5.57 Å². The van der Waals surface area contributed by atoms with Crippen LogP contribution < -0.4 is 0 Å². The van der Waals surface area contributed by atoms with Gasteiger partial charge in [-0.1, -0.05) is 12.1 Å². The van der Waals surface area contributed by atoms with E-state index in [9.17, 15) is 14.7 Å². The van der Waals surface area contributed by atoms with Crippen molar-refractivity contribution in [1.82, 2.24) is 0 Å². The number of esters is 1. The monoisotopic (exact) mass is 220 g/mol. The molecule has 5 heteroatoms. The van der Waals surface area contributed by atoms with Gasteiger partial charge in [-0.2, -0.15) is 0 Å². The highest BCUT2D eigenvalue weighted by molar-refractivity contribution is 6.28. The van der Waals surface area contributed by atoms with E-state index in [0.717, 1.165) is 0 Å². The number of aromatic hydroxyl groups is 1. The summed E-state index contributed by atoms with van der Waals surface area (Å²) in [6, 6.07) is 5.61. The summed E-state index contributed by atoms with van der Waals surface area (Å²) in [5, 5.41) is 18.5. The van der Waals surface area contributed by atoms with E-state index in [0.29, 0.717) is 5.56 Å². The SMILES string of the molecule is O=C1COC(=O)C(O)=C1c1ccc(O)cc1. The van der Waals surface area contributed by atoms with Crippen LogP contribution in [-0.4, -0.2) is 28.6 Å². The average Bonchev–Trinajstić information content (AvgIpc) is 2.27. The van der Waals surface area contributed by atoms with Gasteiger partial charge in [-0.3, -0.25) is 4.79 Å². The summed E-state index contributed by atoms with van der Waals surface area (Å²) in [7, 11) is 0. The number of Topliss-reactive ketones (excluding diaryl/α,β-unsaturated/α-hetero) is 1. The smallest absolute Gasteiger partial charge is 0.374 e. The zero-order valence-corrected chi connectivity index (χ0v) is 8.14. The molecule has 16 heavy (non-hydrogen) atoms. The maximum Gasteiger partial charge on any atom is 0.374 e. The van der Waals surface area contributed by atoms with Crippen LogP contribution in [0.5, 0.6) is 5.75 Å². The largest absolute Gasteiger partial charge is 0.508 e. The molecule has 0 aromatic heterocycles. The third-order valence-electron chi connectivity index (χ3n) is 2.20. The second-order valence-electron chi connectivity index (χ2n) is 3.27. The van der Waals surface area contributed by atoms with E-state index in [1.165, 1.54) is 24.3 Å². The van der Waals surface area contributed by atoms with E-state index in [4.69, 9.17) is 5.11 Å². The fourth-order valence-electron chi connectivity index (χ4n) is 1.43. The Hall–Kier alpha value is -2.30. The van der Waals surface area contributed by atoms with Crippen molar-refractivity contribution in [3.05, 3.63) is 35.6 Å². The molecule has 1 aliphatic rings. The van der Waals surface area contributed by atoms with Gasteiger partial charge >= 0.3 is 5.97 Å². The van der Waals surface area contributed by atoms with Crippen molar-refractivity contribution in [2.45, 2.75) is 0 Å². The van der Waals surface area contributed by atoms with Crippen molar-refractivity contribution < 1.29 is 24.5 Å². The highest BCUT2D eigenvalue weighted by atomic mass is 16.5. The first-order valence-electron chi connectivity index (χ1n) is 4.52. The first kappa shape index (κ1) is 10.2. The van der Waals surface area contributed by atoms with E-state index in [1.807, 2.05) is 0 Å². The minimum atomic E-state index is -0.914. The van der Waals surface area contributed by atoms with Gasteiger partial charge in [-0.15, -0.1) is 0 Å². The number of phenolic OH excluding ortho intramolecular Hbond substituents is 1. The number of aliphatic hydroxyl groups excluding tert-OH is 1. The normalized spacial score (nSPS) is 16.2. The number of rotatable bonds is 1. The second-order valence-corrected chi connectivity index (χ2v) is 3.27. The Morgan fingerprint density at radius 2 is 1.69 bits per heavy atom. The fourth-order valence-corrected chi connectivity index (χ4v) is 1.43. The molecule has 1 aromatic rings. The van der Waals surface area contributed by atoms with Crippen LogP contribution in [0.25, 0.3) is 5.57 Å². The number of aliphatic hydroxyl groups is 1. The molecule has 0 aliphatic carbocycles. The van der Waals surface area contributed by atoms with Crippen molar-refractivity contribution in [2.75, 3.05) is 6.61 Å². The average molecular weight is 220 g/mol. The molecule has 0 atom stereocenters. The molecule has 2 N–H and O–H groups in total. The lowest BCUT2D eigenvalue weighted by atomic mass is 9.99. The minimum absolute atomic E-state index is 0.0367. The number of ketones is 1. The molecule has 1 aliphatic heterocycles. The van der Waals surface area contributed by atoms with Crippen LogP contribution >= 0.6 is 0 Å². The highest BCUT2D eigenvalue weighted by Crippen LogP contribution is 2.24. The molecule has 0 bridgehead atoms. The second kappa shape index (κ2) is 3.69. The zero-order valence-electron chi connectivity index (χ0n) is 8.14. The summed E-state index contributed by atoms with van der Waals surface area (Å²) in [4.78, 5) is 22.5. The van der Waals surface area contributed by atoms with Crippen molar-refractivity contribution in [2.24, 2.45) is 0 Å². The van der Waals surface area contributed by atoms with Gasteiger partial charge < -0.3 is 14.9 Å². The molecule has 2 rings (SSSR count). The third-order valence-corrected chi connectivity index (χ3v) is 2.20.